The van der Waals surface area contributed by atoms with Gasteiger partial charge in [-0.1, -0.05) is 30.3 Å². The van der Waals surface area contributed by atoms with Crippen molar-refractivity contribution in [2.24, 2.45) is 0 Å². The molecule has 6 nitrogen and oxygen atoms in total. The molecule has 2 aliphatic heterocycles. The summed E-state index contributed by atoms with van der Waals surface area (Å²) in [6.45, 7) is 0. The minimum atomic E-state index is -1.30. The summed E-state index contributed by atoms with van der Waals surface area (Å²) >= 11 is 0. The maximum absolute atomic E-state index is 12.9. The molecule has 27 heavy (non-hydrogen) atoms. The second kappa shape index (κ2) is 6.39. The third-order valence-electron chi connectivity index (χ3n) is 4.66. The number of rotatable bonds is 4. The van der Waals surface area contributed by atoms with Crippen LogP contribution in [0.15, 0.2) is 54.3 Å². The average Bonchev–Trinajstić information content (AvgIpc) is 3.23. The molecule has 2 aliphatic rings. The van der Waals surface area contributed by atoms with Gasteiger partial charge in [0, 0.05) is 6.07 Å². The zero-order chi connectivity index (χ0) is 19.0. The molecule has 1 N–H and O–H groups in total. The molecular weight excluding hydrogens is 346 g/mol. The number of allylic oxidation sites excluding steroid dienone is 1. The summed E-state index contributed by atoms with van der Waals surface area (Å²) in [6, 6.07) is 11.5. The first-order valence-electron chi connectivity index (χ1n) is 8.43. The molecule has 1 amide bonds. The zero-order valence-corrected chi connectivity index (χ0v) is 15.2. The second-order valence-electron chi connectivity index (χ2n) is 6.15. The lowest BCUT2D eigenvalue weighted by atomic mass is 9.94. The molecule has 6 heteroatoms. The molecule has 2 heterocycles. The molecular formula is C21H19NO5. The van der Waals surface area contributed by atoms with Gasteiger partial charge in [-0.2, -0.15) is 0 Å². The fraction of sp³-hybridized carbons (Fsp3) is 0.190. The maximum Gasteiger partial charge on any atom is 0.277 e. The summed E-state index contributed by atoms with van der Waals surface area (Å²) in [5.74, 6) is 1.57. The molecule has 2 aromatic rings. The molecule has 0 aromatic heterocycles. The number of ether oxygens (including phenoxy) is 4. The van der Waals surface area contributed by atoms with E-state index in [9.17, 15) is 4.79 Å². The van der Waals surface area contributed by atoms with E-state index in [1.165, 1.54) is 21.3 Å². The van der Waals surface area contributed by atoms with E-state index in [2.05, 4.69) is 5.32 Å². The van der Waals surface area contributed by atoms with Gasteiger partial charge in [-0.05, 0) is 23.8 Å². The number of hydrogen-bond acceptors (Lipinski definition) is 5. The van der Waals surface area contributed by atoms with E-state index in [4.69, 9.17) is 18.9 Å². The van der Waals surface area contributed by atoms with Crippen LogP contribution in [0.4, 0.5) is 5.69 Å². The molecule has 1 atom stereocenters. The molecule has 4 rings (SSSR count). The number of nitrogens with one attached hydrogen (secondary N) is 1. The number of fused-ring (bicyclic) bond motifs is 2. The van der Waals surface area contributed by atoms with Gasteiger partial charge in [0.2, 0.25) is 11.4 Å². The van der Waals surface area contributed by atoms with Crippen LogP contribution < -0.4 is 19.5 Å². The van der Waals surface area contributed by atoms with E-state index < -0.39 is 5.60 Å². The third-order valence-corrected chi connectivity index (χ3v) is 4.66. The predicted molar refractivity (Wildman–Crippen MR) is 101 cm³/mol. The van der Waals surface area contributed by atoms with E-state index in [1.807, 2.05) is 36.4 Å². The van der Waals surface area contributed by atoms with Gasteiger partial charge >= 0.3 is 0 Å². The van der Waals surface area contributed by atoms with E-state index in [-0.39, 0.29) is 5.91 Å². The Morgan fingerprint density at radius 3 is 2.44 bits per heavy atom. The van der Waals surface area contributed by atoms with Crippen LogP contribution in [0.1, 0.15) is 11.1 Å². The number of hydrogen-bond donors (Lipinski definition) is 1. The summed E-state index contributed by atoms with van der Waals surface area (Å²) in [4.78, 5) is 12.9. The minimum Gasteiger partial charge on any atom is -0.493 e. The van der Waals surface area contributed by atoms with Gasteiger partial charge in [-0.15, -0.1) is 0 Å². The first-order valence-corrected chi connectivity index (χ1v) is 8.43. The summed E-state index contributed by atoms with van der Waals surface area (Å²) in [5.41, 5.74) is 0.813. The highest BCUT2D eigenvalue weighted by atomic mass is 16.5. The fourth-order valence-corrected chi connectivity index (χ4v) is 3.45. The number of amides is 1. The summed E-state index contributed by atoms with van der Waals surface area (Å²) in [5, 5.41) is 2.86. The second-order valence-corrected chi connectivity index (χ2v) is 6.15. The number of anilines is 1. The number of benzene rings is 2. The number of carbonyl (C=O) groups excluding carboxylic acids is 1. The molecule has 1 unspecified atom stereocenters. The monoisotopic (exact) mass is 365 g/mol. The van der Waals surface area contributed by atoms with Crippen molar-refractivity contribution in [1.29, 1.82) is 0 Å². The highest BCUT2D eigenvalue weighted by Crippen LogP contribution is 2.55. The molecule has 138 valence electrons. The van der Waals surface area contributed by atoms with Gasteiger partial charge in [0.1, 0.15) is 5.76 Å². The summed E-state index contributed by atoms with van der Waals surface area (Å²) in [6.07, 6.45) is 5.40. The maximum atomic E-state index is 12.9. The molecule has 0 bridgehead atoms. The van der Waals surface area contributed by atoms with E-state index in [0.717, 1.165) is 5.56 Å². The first kappa shape index (κ1) is 17.0. The van der Waals surface area contributed by atoms with Gasteiger partial charge in [-0.25, -0.2) is 0 Å². The van der Waals surface area contributed by atoms with Crippen LogP contribution in [0.3, 0.4) is 0 Å². The standard InChI is InChI=1S/C21H19NO5/c1-24-16-12-15-17(19(26-3)18(16)25-2)21(20(23)22-15)10-9-14(27-21)11-13-7-5-4-6-8-13/h4-12H,1-3H3,(H,22,23)/b14-11-. The smallest absolute Gasteiger partial charge is 0.277 e. The SMILES string of the molecule is COc1cc2c(c(OC)c1OC)C1(C=C/C(=C/c3ccccc3)O1)C(=O)N2. The van der Waals surface area contributed by atoms with Crippen molar-refractivity contribution in [3.8, 4) is 17.2 Å². The van der Waals surface area contributed by atoms with E-state index in [0.29, 0.717) is 34.3 Å². The van der Waals surface area contributed by atoms with Crippen molar-refractivity contribution in [2.45, 2.75) is 5.60 Å². The Kier molecular flexibility index (Phi) is 4.03. The predicted octanol–water partition coefficient (Wildman–Crippen LogP) is 3.49. The normalized spacial score (nSPS) is 21.1. The lowest BCUT2D eigenvalue weighted by Gasteiger charge is -2.24. The molecule has 0 saturated carbocycles. The molecule has 0 fully saturated rings. The fourth-order valence-electron chi connectivity index (χ4n) is 3.45. The van der Waals surface area contributed by atoms with Crippen molar-refractivity contribution >= 4 is 17.7 Å². The van der Waals surface area contributed by atoms with E-state index in [1.54, 1.807) is 18.2 Å². The van der Waals surface area contributed by atoms with Gasteiger partial charge < -0.3 is 24.3 Å². The van der Waals surface area contributed by atoms with Crippen LogP contribution in [0, 0.1) is 0 Å². The molecule has 0 radical (unpaired) electrons. The topological polar surface area (TPSA) is 66.0 Å². The van der Waals surface area contributed by atoms with Gasteiger partial charge in [0.05, 0.1) is 32.6 Å². The summed E-state index contributed by atoms with van der Waals surface area (Å²) < 4.78 is 22.5. The van der Waals surface area contributed by atoms with Crippen molar-refractivity contribution in [2.75, 3.05) is 26.6 Å². The van der Waals surface area contributed by atoms with Crippen molar-refractivity contribution < 1.29 is 23.7 Å². The molecule has 1 spiro atoms. The first-order chi connectivity index (χ1) is 13.1. The number of methoxy groups -OCH3 is 3. The average molecular weight is 365 g/mol. The van der Waals surface area contributed by atoms with Crippen LogP contribution in [-0.2, 0) is 15.1 Å². The van der Waals surface area contributed by atoms with Crippen molar-refractivity contribution in [3.63, 3.8) is 0 Å². The highest BCUT2D eigenvalue weighted by molar-refractivity contribution is 6.09. The lowest BCUT2D eigenvalue weighted by Crippen LogP contribution is -2.32. The Bertz CT molecular complexity index is 964. The van der Waals surface area contributed by atoms with Gasteiger partial charge in [0.25, 0.3) is 5.91 Å². The van der Waals surface area contributed by atoms with Crippen LogP contribution in [-0.4, -0.2) is 27.2 Å². The quantitative estimate of drug-likeness (QED) is 0.898. The minimum absolute atomic E-state index is 0.293. The van der Waals surface area contributed by atoms with E-state index >= 15 is 0 Å². The van der Waals surface area contributed by atoms with Crippen LogP contribution in [0.2, 0.25) is 0 Å². The van der Waals surface area contributed by atoms with Gasteiger partial charge in [0.15, 0.2) is 11.5 Å². The Hall–Kier alpha value is -3.41. The van der Waals surface area contributed by atoms with Gasteiger partial charge in [-0.3, -0.25) is 4.79 Å². The van der Waals surface area contributed by atoms with Crippen molar-refractivity contribution in [1.82, 2.24) is 0 Å². The zero-order valence-electron chi connectivity index (χ0n) is 15.2. The largest absolute Gasteiger partial charge is 0.493 e. The van der Waals surface area contributed by atoms with Crippen molar-refractivity contribution in [3.05, 3.63) is 65.4 Å². The van der Waals surface area contributed by atoms with Crippen LogP contribution in [0.25, 0.3) is 6.08 Å². The Morgan fingerprint density at radius 2 is 1.78 bits per heavy atom. The molecule has 0 saturated heterocycles. The third kappa shape index (κ3) is 2.52. The van der Waals surface area contributed by atoms with Crippen LogP contribution in [0.5, 0.6) is 17.2 Å². The highest BCUT2D eigenvalue weighted by Gasteiger charge is 2.53. The lowest BCUT2D eigenvalue weighted by molar-refractivity contribution is -0.129. The molecule has 0 aliphatic carbocycles. The molecule has 2 aromatic carbocycles. The Morgan fingerprint density at radius 1 is 1.04 bits per heavy atom. The Balaban J connectivity index is 1.83. The van der Waals surface area contributed by atoms with Crippen LogP contribution >= 0.6 is 0 Å². The Labute approximate surface area is 157 Å². The summed E-state index contributed by atoms with van der Waals surface area (Å²) in [7, 11) is 4.58. The number of carbonyl (C=O) groups is 1.